The van der Waals surface area contributed by atoms with E-state index in [2.05, 4.69) is 10.1 Å². The van der Waals surface area contributed by atoms with Crippen LogP contribution in [0, 0.1) is 20.4 Å². The molecule has 0 aliphatic rings. The van der Waals surface area contributed by atoms with Crippen LogP contribution >= 0.6 is 0 Å². The van der Waals surface area contributed by atoms with E-state index in [1.807, 2.05) is 37.7 Å². The summed E-state index contributed by atoms with van der Waals surface area (Å²) in [6.07, 6.45) is 4.89. The summed E-state index contributed by atoms with van der Waals surface area (Å²) < 4.78 is 37.2. The first-order valence-electron chi connectivity index (χ1n) is 5.48. The standard InChI is InChI=1S/C9H15N6O2.ClHO4/c1-12(2)5-8(6-13(3)4)14-7-10-9(11-14)15(16)17;2-1(3,4)5/h5-7H,1-4H3;(H,2,3,4,5)/q+1;/p-1. The maximum absolute atomic E-state index is 10.5. The third kappa shape index (κ3) is 9.73. The summed E-state index contributed by atoms with van der Waals surface area (Å²) >= 11 is 0. The van der Waals surface area contributed by atoms with Gasteiger partial charge in [-0.3, -0.25) is 0 Å². The third-order valence-electron chi connectivity index (χ3n) is 1.69. The van der Waals surface area contributed by atoms with Crippen molar-refractivity contribution in [2.24, 2.45) is 0 Å². The molecule has 1 heterocycles. The molecule has 1 aromatic heterocycles. The van der Waals surface area contributed by atoms with Gasteiger partial charge < -0.3 is 15.0 Å². The number of halogens is 1. The van der Waals surface area contributed by atoms with Gasteiger partial charge in [-0.2, -0.15) is 0 Å². The van der Waals surface area contributed by atoms with Gasteiger partial charge in [0.25, 0.3) is 0 Å². The Morgan fingerprint density at radius 3 is 2.14 bits per heavy atom. The van der Waals surface area contributed by atoms with Gasteiger partial charge in [-0.05, 0) is 4.92 Å². The first-order chi connectivity index (χ1) is 9.90. The Balaban J connectivity index is 0.000000763. The Bertz CT molecular complexity index is 553. The third-order valence-corrected chi connectivity index (χ3v) is 1.69. The molecule has 0 aliphatic carbocycles. The summed E-state index contributed by atoms with van der Waals surface area (Å²) in [6, 6.07) is 0. The zero-order valence-electron chi connectivity index (χ0n) is 12.2. The molecule has 0 saturated carbocycles. The molecule has 0 aliphatic heterocycles. The van der Waals surface area contributed by atoms with Gasteiger partial charge in [-0.15, -0.1) is 14.9 Å². The van der Waals surface area contributed by atoms with Crippen molar-refractivity contribution in [3.8, 4) is 0 Å². The highest BCUT2D eigenvalue weighted by atomic mass is 35.7. The van der Waals surface area contributed by atoms with Gasteiger partial charge in [0.1, 0.15) is 14.1 Å². The summed E-state index contributed by atoms with van der Waals surface area (Å²) in [5.74, 6) is -0.415. The average molecular weight is 339 g/mol. The lowest BCUT2D eigenvalue weighted by molar-refractivity contribution is -2.00. The molecule has 0 spiro atoms. The largest absolute Gasteiger partial charge is 0.491 e. The van der Waals surface area contributed by atoms with Crippen LogP contribution < -0.4 is 18.6 Å². The minimum atomic E-state index is -4.94. The van der Waals surface area contributed by atoms with Gasteiger partial charge in [0.2, 0.25) is 6.33 Å². The number of nitro groups is 1. The number of allylic oxidation sites excluding steroid dienone is 1. The lowest BCUT2D eigenvalue weighted by atomic mass is 10.5. The van der Waals surface area contributed by atoms with E-state index in [-0.39, 0.29) is 0 Å². The molecule has 0 N–H and O–H groups in total. The minimum absolute atomic E-state index is 0.415. The van der Waals surface area contributed by atoms with Crippen molar-refractivity contribution < 1.29 is 38.4 Å². The summed E-state index contributed by atoms with van der Waals surface area (Å²) in [4.78, 5) is 15.3. The van der Waals surface area contributed by atoms with Gasteiger partial charge >= 0.3 is 5.95 Å². The van der Waals surface area contributed by atoms with Crippen molar-refractivity contribution in [1.82, 2.24) is 19.7 Å². The van der Waals surface area contributed by atoms with Crippen molar-refractivity contribution in [2.75, 3.05) is 28.2 Å². The maximum atomic E-state index is 10.5. The van der Waals surface area contributed by atoms with Gasteiger partial charge in [0.15, 0.2) is 11.9 Å². The van der Waals surface area contributed by atoms with Gasteiger partial charge in [-0.25, -0.2) is 23.2 Å². The summed E-state index contributed by atoms with van der Waals surface area (Å²) in [6.45, 7) is 0. The smallest absolute Gasteiger partial charge is 0.390 e. The normalized spacial score (nSPS) is 11.4. The molecule has 0 saturated heterocycles. The van der Waals surface area contributed by atoms with E-state index in [9.17, 15) is 10.1 Å². The van der Waals surface area contributed by atoms with E-state index in [1.54, 1.807) is 12.4 Å². The topological polar surface area (TPSA) is 172 Å². The molecular weight excluding hydrogens is 324 g/mol. The van der Waals surface area contributed by atoms with Crippen LogP contribution in [0.1, 0.15) is 0 Å². The molecule has 13 heteroatoms. The first kappa shape index (κ1) is 19.9. The van der Waals surface area contributed by atoms with Crippen LogP contribution in [0.25, 0.3) is 5.70 Å². The zero-order chi connectivity index (χ0) is 17.5. The highest BCUT2D eigenvalue weighted by molar-refractivity contribution is 5.98. The van der Waals surface area contributed by atoms with Crippen LogP contribution in [-0.4, -0.2) is 63.6 Å². The fraction of sp³-hybridized carbons (Fsp3) is 0.444. The van der Waals surface area contributed by atoms with E-state index in [0.717, 1.165) is 0 Å². The number of aromatic nitrogens is 3. The van der Waals surface area contributed by atoms with Crippen LogP contribution in [-0.2, 0) is 0 Å². The molecule has 1 aromatic rings. The van der Waals surface area contributed by atoms with Crippen LogP contribution in [0.15, 0.2) is 12.5 Å². The van der Waals surface area contributed by atoms with Crippen molar-refractivity contribution in [3.63, 3.8) is 0 Å². The van der Waals surface area contributed by atoms with Gasteiger partial charge in [0, 0.05) is 25.4 Å². The molecule has 0 fully saturated rings. The van der Waals surface area contributed by atoms with Crippen molar-refractivity contribution in [1.29, 1.82) is 0 Å². The summed E-state index contributed by atoms with van der Waals surface area (Å²) in [5, 5.41) is 14.3. The Hall–Kier alpha value is -2.12. The quantitative estimate of drug-likeness (QED) is 0.226. The van der Waals surface area contributed by atoms with Gasteiger partial charge in [0.05, 0.1) is 0 Å². The predicted octanol–water partition coefficient (Wildman–Crippen LogP) is -4.87. The molecule has 22 heavy (non-hydrogen) atoms. The number of hydrogen-bond donors (Lipinski definition) is 0. The molecule has 124 valence electrons. The summed E-state index contributed by atoms with van der Waals surface area (Å²) in [5.41, 5.74) is 0.681. The second-order valence-electron chi connectivity index (χ2n) is 4.23. The molecule has 0 unspecified atom stereocenters. The van der Waals surface area contributed by atoms with Crippen LogP contribution in [0.5, 0.6) is 0 Å². The lowest BCUT2D eigenvalue weighted by Gasteiger charge is -2.17. The predicted molar refractivity (Wildman–Crippen MR) is 62.8 cm³/mol. The van der Waals surface area contributed by atoms with Crippen molar-refractivity contribution >= 4 is 17.9 Å². The van der Waals surface area contributed by atoms with Crippen molar-refractivity contribution in [3.05, 3.63) is 22.6 Å². The Morgan fingerprint density at radius 1 is 1.32 bits per heavy atom. The van der Waals surface area contributed by atoms with E-state index in [0.29, 0.717) is 5.70 Å². The van der Waals surface area contributed by atoms with E-state index in [1.165, 1.54) is 11.0 Å². The highest BCUT2D eigenvalue weighted by Gasteiger charge is 2.16. The average Bonchev–Trinajstić information content (AvgIpc) is 2.73. The lowest BCUT2D eigenvalue weighted by Crippen LogP contribution is -2.68. The first-order valence-corrected chi connectivity index (χ1v) is 6.71. The molecule has 12 nitrogen and oxygen atoms in total. The minimum Gasteiger partial charge on any atom is -0.390 e. The Labute approximate surface area is 127 Å². The molecule has 1 rings (SSSR count). The Kier molecular flexibility index (Phi) is 7.55. The van der Waals surface area contributed by atoms with E-state index in [4.69, 9.17) is 18.6 Å². The second-order valence-corrected chi connectivity index (χ2v) is 4.99. The Morgan fingerprint density at radius 2 is 1.82 bits per heavy atom. The molecule has 0 atom stereocenters. The molecule has 0 aromatic carbocycles. The van der Waals surface area contributed by atoms with E-state index < -0.39 is 21.1 Å². The highest BCUT2D eigenvalue weighted by Crippen LogP contribution is 2.05. The molecule has 0 amide bonds. The van der Waals surface area contributed by atoms with Crippen LogP contribution in [0.2, 0.25) is 0 Å². The number of rotatable bonds is 4. The summed E-state index contributed by atoms with van der Waals surface area (Å²) in [7, 11) is 2.48. The number of hydrogen-bond acceptors (Lipinski definition) is 9. The van der Waals surface area contributed by atoms with E-state index >= 15 is 0 Å². The molecular formula is C9H15ClN6O6. The van der Waals surface area contributed by atoms with Gasteiger partial charge in [-0.1, -0.05) is 4.98 Å². The SMILES string of the molecule is CN(C)/C=C(/C=[N+](C)C)n1cnc([N+](=O)[O-])n1.[O-][Cl+3]([O-])([O-])[O-]. The fourth-order valence-corrected chi connectivity index (χ4v) is 1.14. The second kappa shape index (κ2) is 8.35. The molecule has 0 radical (unpaired) electrons. The monoisotopic (exact) mass is 338 g/mol. The van der Waals surface area contributed by atoms with Crippen molar-refractivity contribution in [2.45, 2.75) is 0 Å². The number of nitrogens with zero attached hydrogens (tertiary/aromatic N) is 6. The van der Waals surface area contributed by atoms with Crippen LogP contribution in [0.3, 0.4) is 0 Å². The van der Waals surface area contributed by atoms with Crippen LogP contribution in [0.4, 0.5) is 5.95 Å². The fourth-order valence-electron chi connectivity index (χ4n) is 1.14. The maximum Gasteiger partial charge on any atom is 0.491 e. The molecule has 0 bridgehead atoms. The zero-order valence-corrected chi connectivity index (χ0v) is 13.0.